The molecule has 21 heavy (non-hydrogen) atoms. The van der Waals surface area contributed by atoms with Gasteiger partial charge >= 0.3 is 0 Å². The SMILES string of the molecule is COCCOCCCCNCc1cccc2ccccc12. The van der Waals surface area contributed by atoms with E-state index < -0.39 is 0 Å². The van der Waals surface area contributed by atoms with E-state index in [1.165, 1.54) is 16.3 Å². The Morgan fingerprint density at radius 2 is 1.76 bits per heavy atom. The molecule has 3 nitrogen and oxygen atoms in total. The maximum absolute atomic E-state index is 5.44. The first-order chi connectivity index (χ1) is 10.4. The van der Waals surface area contributed by atoms with Crippen LogP contribution in [0.1, 0.15) is 18.4 Å². The van der Waals surface area contributed by atoms with Gasteiger partial charge in [-0.3, -0.25) is 0 Å². The third-order valence-electron chi connectivity index (χ3n) is 3.52. The van der Waals surface area contributed by atoms with E-state index in [2.05, 4.69) is 47.8 Å². The molecule has 2 rings (SSSR count). The molecule has 0 unspecified atom stereocenters. The van der Waals surface area contributed by atoms with Crippen LogP contribution in [-0.4, -0.2) is 33.5 Å². The van der Waals surface area contributed by atoms with Crippen LogP contribution < -0.4 is 5.32 Å². The fraction of sp³-hybridized carbons (Fsp3) is 0.444. The summed E-state index contributed by atoms with van der Waals surface area (Å²) in [5, 5.41) is 6.17. The van der Waals surface area contributed by atoms with Crippen LogP contribution in [0.3, 0.4) is 0 Å². The fourth-order valence-corrected chi connectivity index (χ4v) is 2.37. The zero-order valence-electron chi connectivity index (χ0n) is 12.8. The Bertz CT molecular complexity index is 522. The third kappa shape index (κ3) is 5.46. The molecule has 3 heteroatoms. The minimum absolute atomic E-state index is 0.680. The Hall–Kier alpha value is -1.42. The van der Waals surface area contributed by atoms with Gasteiger partial charge in [-0.15, -0.1) is 0 Å². The maximum Gasteiger partial charge on any atom is 0.0700 e. The van der Waals surface area contributed by atoms with Gasteiger partial charge in [0.05, 0.1) is 13.2 Å². The highest BCUT2D eigenvalue weighted by Crippen LogP contribution is 2.18. The quantitative estimate of drug-likeness (QED) is 0.680. The molecule has 0 aliphatic heterocycles. The van der Waals surface area contributed by atoms with Crippen LogP contribution in [-0.2, 0) is 16.0 Å². The Balaban J connectivity index is 1.64. The van der Waals surface area contributed by atoms with E-state index in [-0.39, 0.29) is 0 Å². The monoisotopic (exact) mass is 287 g/mol. The summed E-state index contributed by atoms with van der Waals surface area (Å²) in [6.07, 6.45) is 2.23. The highest BCUT2D eigenvalue weighted by atomic mass is 16.5. The van der Waals surface area contributed by atoms with Gasteiger partial charge < -0.3 is 14.8 Å². The smallest absolute Gasteiger partial charge is 0.0700 e. The van der Waals surface area contributed by atoms with Crippen LogP contribution >= 0.6 is 0 Å². The van der Waals surface area contributed by atoms with E-state index in [1.807, 2.05) is 0 Å². The standard InChI is InChI=1S/C18H25NO2/c1-20-13-14-21-12-5-4-11-19-15-17-9-6-8-16-7-2-3-10-18(16)17/h2-3,6-10,19H,4-5,11-15H2,1H3. The van der Waals surface area contributed by atoms with Crippen LogP contribution in [0.15, 0.2) is 42.5 Å². The molecule has 0 aliphatic rings. The Labute approximate surface area is 127 Å². The zero-order chi connectivity index (χ0) is 14.8. The molecular weight excluding hydrogens is 262 g/mol. The van der Waals surface area contributed by atoms with E-state index in [9.17, 15) is 0 Å². The molecule has 0 saturated heterocycles. The largest absolute Gasteiger partial charge is 0.382 e. The Kier molecular flexibility index (Phi) is 7.22. The second-order valence-corrected chi connectivity index (χ2v) is 5.13. The van der Waals surface area contributed by atoms with Gasteiger partial charge in [-0.25, -0.2) is 0 Å². The zero-order valence-corrected chi connectivity index (χ0v) is 12.8. The van der Waals surface area contributed by atoms with E-state index in [4.69, 9.17) is 9.47 Å². The lowest BCUT2D eigenvalue weighted by Gasteiger charge is -2.08. The number of hydrogen-bond donors (Lipinski definition) is 1. The number of methoxy groups -OCH3 is 1. The Morgan fingerprint density at radius 1 is 0.905 bits per heavy atom. The van der Waals surface area contributed by atoms with E-state index in [0.29, 0.717) is 13.2 Å². The lowest BCUT2D eigenvalue weighted by molar-refractivity contribution is 0.0688. The summed E-state index contributed by atoms with van der Waals surface area (Å²) in [7, 11) is 1.70. The van der Waals surface area contributed by atoms with Crippen LogP contribution in [0.25, 0.3) is 10.8 Å². The molecule has 0 heterocycles. The normalized spacial score (nSPS) is 11.1. The summed E-state index contributed by atoms with van der Waals surface area (Å²) in [4.78, 5) is 0. The average molecular weight is 287 g/mol. The molecule has 0 saturated carbocycles. The molecule has 2 aromatic carbocycles. The molecule has 0 aromatic heterocycles. The van der Waals surface area contributed by atoms with Crippen molar-refractivity contribution in [3.63, 3.8) is 0 Å². The van der Waals surface area contributed by atoms with Gasteiger partial charge in [-0.2, -0.15) is 0 Å². The molecule has 0 spiro atoms. The molecule has 0 atom stereocenters. The molecule has 114 valence electrons. The van der Waals surface area contributed by atoms with Crippen molar-refractivity contribution in [2.45, 2.75) is 19.4 Å². The summed E-state index contributed by atoms with van der Waals surface area (Å²) in [6, 6.07) is 15.0. The van der Waals surface area contributed by atoms with Crippen molar-refractivity contribution >= 4 is 10.8 Å². The number of ether oxygens (including phenoxy) is 2. The minimum atomic E-state index is 0.680. The molecule has 0 radical (unpaired) electrons. The van der Waals surface area contributed by atoms with Crippen LogP contribution in [0.4, 0.5) is 0 Å². The lowest BCUT2D eigenvalue weighted by atomic mass is 10.0. The third-order valence-corrected chi connectivity index (χ3v) is 3.52. The molecule has 0 fully saturated rings. The highest BCUT2D eigenvalue weighted by Gasteiger charge is 1.99. The van der Waals surface area contributed by atoms with Crippen molar-refractivity contribution in [1.82, 2.24) is 5.32 Å². The molecule has 0 aliphatic carbocycles. The van der Waals surface area contributed by atoms with E-state index >= 15 is 0 Å². The summed E-state index contributed by atoms with van der Waals surface area (Å²) >= 11 is 0. The first-order valence-corrected chi connectivity index (χ1v) is 7.66. The van der Waals surface area contributed by atoms with Gasteiger partial charge in [0, 0.05) is 20.3 Å². The maximum atomic E-state index is 5.44. The predicted octanol–water partition coefficient (Wildman–Crippen LogP) is 3.37. The first kappa shape index (κ1) is 16.0. The summed E-state index contributed by atoms with van der Waals surface area (Å²) in [5.74, 6) is 0. The summed E-state index contributed by atoms with van der Waals surface area (Å²) in [6.45, 7) is 4.14. The summed E-state index contributed by atoms with van der Waals surface area (Å²) < 4.78 is 10.4. The van der Waals surface area contributed by atoms with Gasteiger partial charge in [0.15, 0.2) is 0 Å². The second-order valence-electron chi connectivity index (χ2n) is 5.13. The Morgan fingerprint density at radius 3 is 2.67 bits per heavy atom. The van der Waals surface area contributed by atoms with Crippen molar-refractivity contribution in [2.75, 3.05) is 33.5 Å². The average Bonchev–Trinajstić information content (AvgIpc) is 2.53. The molecule has 2 aromatic rings. The van der Waals surface area contributed by atoms with Gasteiger partial charge in [-0.1, -0.05) is 42.5 Å². The van der Waals surface area contributed by atoms with Crippen molar-refractivity contribution in [3.05, 3.63) is 48.0 Å². The van der Waals surface area contributed by atoms with Crippen molar-refractivity contribution in [1.29, 1.82) is 0 Å². The van der Waals surface area contributed by atoms with E-state index in [1.54, 1.807) is 7.11 Å². The summed E-state index contributed by atoms with van der Waals surface area (Å²) in [5.41, 5.74) is 1.37. The van der Waals surface area contributed by atoms with Crippen molar-refractivity contribution in [3.8, 4) is 0 Å². The number of benzene rings is 2. The number of rotatable bonds is 10. The molecular formula is C18H25NO2. The number of nitrogens with one attached hydrogen (secondary N) is 1. The molecule has 0 amide bonds. The van der Waals surface area contributed by atoms with Crippen LogP contribution in [0, 0.1) is 0 Å². The molecule has 0 bridgehead atoms. The lowest BCUT2D eigenvalue weighted by Crippen LogP contribution is -2.15. The first-order valence-electron chi connectivity index (χ1n) is 7.66. The van der Waals surface area contributed by atoms with Gasteiger partial charge in [0.2, 0.25) is 0 Å². The number of unbranched alkanes of at least 4 members (excludes halogenated alkanes) is 1. The van der Waals surface area contributed by atoms with Crippen LogP contribution in [0.5, 0.6) is 0 Å². The number of fused-ring (bicyclic) bond motifs is 1. The van der Waals surface area contributed by atoms with Crippen molar-refractivity contribution < 1.29 is 9.47 Å². The van der Waals surface area contributed by atoms with Gasteiger partial charge in [-0.05, 0) is 35.7 Å². The van der Waals surface area contributed by atoms with Gasteiger partial charge in [0.25, 0.3) is 0 Å². The topological polar surface area (TPSA) is 30.5 Å². The van der Waals surface area contributed by atoms with Crippen molar-refractivity contribution in [2.24, 2.45) is 0 Å². The number of hydrogen-bond acceptors (Lipinski definition) is 3. The predicted molar refractivity (Wildman–Crippen MR) is 87.6 cm³/mol. The van der Waals surface area contributed by atoms with Crippen LogP contribution in [0.2, 0.25) is 0 Å². The molecule has 1 N–H and O–H groups in total. The van der Waals surface area contributed by atoms with E-state index in [0.717, 1.165) is 32.5 Å². The minimum Gasteiger partial charge on any atom is -0.382 e. The highest BCUT2D eigenvalue weighted by molar-refractivity contribution is 5.85. The second kappa shape index (κ2) is 9.50. The fourth-order valence-electron chi connectivity index (χ4n) is 2.37. The van der Waals surface area contributed by atoms with Gasteiger partial charge in [0.1, 0.15) is 0 Å².